The summed E-state index contributed by atoms with van der Waals surface area (Å²) in [6.07, 6.45) is 3.22. The van der Waals surface area contributed by atoms with E-state index in [1.165, 1.54) is 13.8 Å². The van der Waals surface area contributed by atoms with Gasteiger partial charge in [0, 0.05) is 19.4 Å². The lowest BCUT2D eigenvalue weighted by atomic mass is 9.45. The molecule has 2 fully saturated rings. The van der Waals surface area contributed by atoms with Gasteiger partial charge in [-0.1, -0.05) is 52.0 Å². The van der Waals surface area contributed by atoms with Gasteiger partial charge in [0.1, 0.15) is 6.10 Å². The molecule has 0 aromatic rings. The Balaban J connectivity index is 2.23. The zero-order valence-corrected chi connectivity index (χ0v) is 22.4. The second-order valence-corrected chi connectivity index (χ2v) is 11.0. The molecule has 3 aliphatic rings. The molecule has 3 rings (SSSR count). The molecule has 1 saturated carbocycles. The standard InChI is InChI=1S/C28H40O8/c1-9-16(4)10-11-27(8)17(5)12-23(31)28-21(13-20(14-22(27)28)35-24(32)15(2)3)25(33-18(6)29)36-26(28)34-19(7)30/h9-10,13,15,17,20,22-23,25-26,31H,1,11-12,14H2,2-8H3/b16-10+. The van der Waals surface area contributed by atoms with Crippen LogP contribution >= 0.6 is 0 Å². The van der Waals surface area contributed by atoms with Crippen molar-refractivity contribution in [1.82, 2.24) is 0 Å². The van der Waals surface area contributed by atoms with E-state index in [2.05, 4.69) is 26.5 Å². The maximum absolute atomic E-state index is 12.6. The van der Waals surface area contributed by atoms with E-state index in [0.29, 0.717) is 24.8 Å². The van der Waals surface area contributed by atoms with Gasteiger partial charge in [0.15, 0.2) is 0 Å². The summed E-state index contributed by atoms with van der Waals surface area (Å²) in [6, 6.07) is 0. The number of aliphatic hydroxyl groups is 1. The van der Waals surface area contributed by atoms with Crippen molar-refractivity contribution in [3.05, 3.63) is 36.0 Å². The lowest BCUT2D eigenvalue weighted by Gasteiger charge is -2.60. The minimum atomic E-state index is -1.17. The molecular weight excluding hydrogens is 464 g/mol. The van der Waals surface area contributed by atoms with Crippen LogP contribution in [0.5, 0.6) is 0 Å². The highest BCUT2D eigenvalue weighted by Crippen LogP contribution is 2.67. The summed E-state index contributed by atoms with van der Waals surface area (Å²) in [5, 5.41) is 11.7. The van der Waals surface area contributed by atoms with Gasteiger partial charge in [-0.05, 0) is 49.5 Å². The molecular formula is C28H40O8. The van der Waals surface area contributed by atoms with Gasteiger partial charge < -0.3 is 19.3 Å². The van der Waals surface area contributed by atoms with Crippen LogP contribution in [-0.2, 0) is 33.3 Å². The number of aliphatic hydroxyl groups excluding tert-OH is 1. The number of rotatable bonds is 7. The predicted octanol–water partition coefficient (Wildman–Crippen LogP) is 4.22. The molecule has 0 radical (unpaired) electrons. The Morgan fingerprint density at radius 3 is 2.36 bits per heavy atom. The summed E-state index contributed by atoms with van der Waals surface area (Å²) in [6.45, 7) is 16.1. The first-order valence-corrected chi connectivity index (χ1v) is 12.7. The van der Waals surface area contributed by atoms with Gasteiger partial charge in [-0.2, -0.15) is 0 Å². The van der Waals surface area contributed by atoms with E-state index >= 15 is 0 Å². The fraction of sp³-hybridized carbons (Fsp3) is 0.679. The summed E-state index contributed by atoms with van der Waals surface area (Å²) in [5.74, 6) is -2.08. The predicted molar refractivity (Wildman–Crippen MR) is 132 cm³/mol. The number of hydrogen-bond donors (Lipinski definition) is 1. The summed E-state index contributed by atoms with van der Waals surface area (Å²) in [4.78, 5) is 36.7. The van der Waals surface area contributed by atoms with Crippen molar-refractivity contribution in [2.24, 2.45) is 28.6 Å². The second-order valence-electron chi connectivity index (χ2n) is 11.0. The average molecular weight is 505 g/mol. The Labute approximate surface area is 213 Å². The molecule has 0 amide bonds. The van der Waals surface area contributed by atoms with Crippen molar-refractivity contribution in [2.45, 2.75) is 92.5 Å². The van der Waals surface area contributed by atoms with E-state index in [-0.39, 0.29) is 23.7 Å². The van der Waals surface area contributed by atoms with Gasteiger partial charge in [0.25, 0.3) is 0 Å². The van der Waals surface area contributed by atoms with E-state index in [0.717, 1.165) is 5.57 Å². The largest absolute Gasteiger partial charge is 0.458 e. The molecule has 1 aliphatic heterocycles. The summed E-state index contributed by atoms with van der Waals surface area (Å²) >= 11 is 0. The van der Waals surface area contributed by atoms with Crippen LogP contribution in [0.2, 0.25) is 0 Å². The van der Waals surface area contributed by atoms with Crippen LogP contribution < -0.4 is 0 Å². The molecule has 1 saturated heterocycles. The van der Waals surface area contributed by atoms with Gasteiger partial charge in [-0.15, -0.1) is 0 Å². The monoisotopic (exact) mass is 504 g/mol. The molecule has 0 bridgehead atoms. The normalized spacial score (nSPS) is 37.9. The van der Waals surface area contributed by atoms with Crippen LogP contribution in [0, 0.1) is 28.6 Å². The van der Waals surface area contributed by atoms with E-state index in [4.69, 9.17) is 18.9 Å². The summed E-state index contributed by atoms with van der Waals surface area (Å²) < 4.78 is 23.1. The van der Waals surface area contributed by atoms with Crippen LogP contribution in [0.25, 0.3) is 0 Å². The summed E-state index contributed by atoms with van der Waals surface area (Å²) in [7, 11) is 0. The van der Waals surface area contributed by atoms with Gasteiger partial charge in [0.2, 0.25) is 12.6 Å². The van der Waals surface area contributed by atoms with Crippen molar-refractivity contribution < 1.29 is 38.4 Å². The number of carbonyl (C=O) groups excluding carboxylic acids is 3. The minimum absolute atomic E-state index is 0.0727. The third-order valence-corrected chi connectivity index (χ3v) is 8.32. The lowest BCUT2D eigenvalue weighted by molar-refractivity contribution is -0.254. The SMILES string of the molecule is C=C/C(C)=C/CC1(C)C(C)CC(O)C23C(=CC(OC(=O)C(C)C)CC12)C(OC(C)=O)OC3OC(C)=O. The van der Waals surface area contributed by atoms with Crippen molar-refractivity contribution in [3.8, 4) is 0 Å². The molecule has 36 heavy (non-hydrogen) atoms. The highest BCUT2D eigenvalue weighted by Gasteiger charge is 2.71. The first kappa shape index (κ1) is 28.1. The van der Waals surface area contributed by atoms with Crippen molar-refractivity contribution in [2.75, 3.05) is 0 Å². The number of allylic oxidation sites excluding steroid dienone is 3. The average Bonchev–Trinajstić information content (AvgIpc) is 3.07. The topological polar surface area (TPSA) is 108 Å². The molecule has 8 heteroatoms. The quantitative estimate of drug-likeness (QED) is 0.238. The maximum Gasteiger partial charge on any atom is 0.308 e. The molecule has 8 atom stereocenters. The Kier molecular flexibility index (Phi) is 8.20. The van der Waals surface area contributed by atoms with Crippen LogP contribution in [-0.4, -0.2) is 47.8 Å². The van der Waals surface area contributed by atoms with E-state index < -0.39 is 47.6 Å². The highest BCUT2D eigenvalue weighted by molar-refractivity contribution is 5.72. The van der Waals surface area contributed by atoms with Crippen molar-refractivity contribution >= 4 is 17.9 Å². The van der Waals surface area contributed by atoms with Gasteiger partial charge in [0.05, 0.1) is 17.4 Å². The first-order chi connectivity index (χ1) is 16.8. The molecule has 0 aromatic carbocycles. The number of esters is 3. The Morgan fingerprint density at radius 1 is 1.17 bits per heavy atom. The molecule has 0 aromatic heterocycles. The molecule has 200 valence electrons. The number of ether oxygens (including phenoxy) is 4. The van der Waals surface area contributed by atoms with E-state index in [1.54, 1.807) is 26.0 Å². The fourth-order valence-corrected chi connectivity index (χ4v) is 6.15. The smallest absolute Gasteiger partial charge is 0.308 e. The Hall–Kier alpha value is -2.45. The van der Waals surface area contributed by atoms with Crippen molar-refractivity contribution in [3.63, 3.8) is 0 Å². The number of carbonyl (C=O) groups is 3. The van der Waals surface area contributed by atoms with Crippen LogP contribution in [0.15, 0.2) is 36.0 Å². The van der Waals surface area contributed by atoms with Gasteiger partial charge >= 0.3 is 17.9 Å². The van der Waals surface area contributed by atoms with Crippen LogP contribution in [0.3, 0.4) is 0 Å². The van der Waals surface area contributed by atoms with Gasteiger partial charge in [-0.3, -0.25) is 19.1 Å². The maximum atomic E-state index is 12.6. The van der Waals surface area contributed by atoms with Crippen LogP contribution in [0.4, 0.5) is 0 Å². The Morgan fingerprint density at radius 2 is 1.81 bits per heavy atom. The molecule has 1 spiro atoms. The number of hydrogen-bond acceptors (Lipinski definition) is 8. The minimum Gasteiger partial charge on any atom is -0.458 e. The van der Waals surface area contributed by atoms with E-state index in [1.807, 2.05) is 6.92 Å². The summed E-state index contributed by atoms with van der Waals surface area (Å²) in [5.41, 5.74) is -0.0611. The third-order valence-electron chi connectivity index (χ3n) is 8.32. The second kappa shape index (κ2) is 10.5. The molecule has 2 aliphatic carbocycles. The molecule has 1 heterocycles. The van der Waals surface area contributed by atoms with E-state index in [9.17, 15) is 19.5 Å². The zero-order chi connectivity index (χ0) is 27.0. The van der Waals surface area contributed by atoms with Crippen LogP contribution in [0.1, 0.15) is 67.7 Å². The van der Waals surface area contributed by atoms with Crippen molar-refractivity contribution in [1.29, 1.82) is 0 Å². The highest BCUT2D eigenvalue weighted by atomic mass is 16.8. The van der Waals surface area contributed by atoms with Gasteiger partial charge in [-0.25, -0.2) is 0 Å². The molecule has 8 nitrogen and oxygen atoms in total. The lowest BCUT2D eigenvalue weighted by Crippen LogP contribution is -2.63. The Bertz CT molecular complexity index is 965. The third kappa shape index (κ3) is 4.90. The molecule has 1 N–H and O–H groups in total. The zero-order valence-electron chi connectivity index (χ0n) is 22.4. The molecule has 8 unspecified atom stereocenters. The fourth-order valence-electron chi connectivity index (χ4n) is 6.15. The first-order valence-electron chi connectivity index (χ1n) is 12.7.